The predicted octanol–water partition coefficient (Wildman–Crippen LogP) is 6.08. The molecule has 0 spiro atoms. The van der Waals surface area contributed by atoms with Crippen LogP contribution < -0.4 is 9.47 Å². The number of Topliss-reactive ketones (excluding diaryl/α,β-unsaturated/α-hetero) is 1. The van der Waals surface area contributed by atoms with Gasteiger partial charge >= 0.3 is 5.97 Å². The summed E-state index contributed by atoms with van der Waals surface area (Å²) in [4.78, 5) is 25.5. The van der Waals surface area contributed by atoms with Crippen LogP contribution in [0.4, 0.5) is 0 Å². The zero-order chi connectivity index (χ0) is 22.4. The van der Waals surface area contributed by atoms with Crippen molar-refractivity contribution in [1.29, 1.82) is 0 Å². The summed E-state index contributed by atoms with van der Waals surface area (Å²) < 4.78 is 14.4. The molecule has 6 heteroatoms. The van der Waals surface area contributed by atoms with E-state index in [0.717, 1.165) is 20.9 Å². The van der Waals surface area contributed by atoms with E-state index >= 15 is 0 Å². The summed E-state index contributed by atoms with van der Waals surface area (Å²) in [7, 11) is 1.96. The van der Waals surface area contributed by atoms with Crippen LogP contribution in [0.25, 0.3) is 17.0 Å². The molecular weight excluding hydrogens is 470 g/mol. The van der Waals surface area contributed by atoms with E-state index in [1.54, 1.807) is 49.4 Å². The van der Waals surface area contributed by atoms with Crippen LogP contribution >= 0.6 is 15.9 Å². The summed E-state index contributed by atoms with van der Waals surface area (Å²) in [5.41, 5.74) is 3.46. The molecule has 0 unspecified atom stereocenters. The largest absolute Gasteiger partial charge is 0.452 e. The predicted molar refractivity (Wildman–Crippen MR) is 126 cm³/mol. The number of ether oxygens (including phenoxy) is 2. The first-order valence-corrected chi connectivity index (χ1v) is 10.8. The Balaban J connectivity index is 1.46. The van der Waals surface area contributed by atoms with Gasteiger partial charge in [-0.2, -0.15) is 0 Å². The standard InChI is InChI=1S/C26H18BrNO4/c1-15-22(32-26(30)16-7-9-18(27)10-8-16)12-11-20-24(29)23(31-25(15)20)13-17-14-28(2)21-6-4-3-5-19(17)21/h3-14H,1-2H3/b23-13+. The summed E-state index contributed by atoms with van der Waals surface area (Å²) in [5.74, 6) is 0.354. The molecule has 0 radical (unpaired) electrons. The number of benzene rings is 3. The number of nitrogens with zero attached hydrogens (tertiary/aromatic N) is 1. The second-order valence-corrected chi connectivity index (χ2v) is 8.53. The number of allylic oxidation sites excluding steroid dienone is 1. The maximum absolute atomic E-state index is 13.0. The lowest BCUT2D eigenvalue weighted by Gasteiger charge is -2.10. The summed E-state index contributed by atoms with van der Waals surface area (Å²) in [6.07, 6.45) is 3.73. The van der Waals surface area contributed by atoms with Crippen molar-refractivity contribution in [1.82, 2.24) is 4.57 Å². The van der Waals surface area contributed by atoms with E-state index in [1.165, 1.54) is 0 Å². The summed E-state index contributed by atoms with van der Waals surface area (Å²) in [6.45, 7) is 1.77. The SMILES string of the molecule is Cc1c(OC(=O)c2ccc(Br)cc2)ccc2c1O/C(=C/c1cn(C)c3ccccc13)C2=O. The third kappa shape index (κ3) is 3.42. The third-order valence-electron chi connectivity index (χ3n) is 5.53. The maximum atomic E-state index is 13.0. The van der Waals surface area contributed by atoms with Crippen molar-refractivity contribution in [2.24, 2.45) is 7.05 Å². The Kier molecular flexibility index (Phi) is 4.94. The average Bonchev–Trinajstić information content (AvgIpc) is 3.28. The normalized spacial score (nSPS) is 14.0. The Morgan fingerprint density at radius 3 is 2.59 bits per heavy atom. The fourth-order valence-electron chi connectivity index (χ4n) is 3.85. The van der Waals surface area contributed by atoms with E-state index in [9.17, 15) is 9.59 Å². The molecule has 158 valence electrons. The van der Waals surface area contributed by atoms with Crippen LogP contribution in [0.2, 0.25) is 0 Å². The van der Waals surface area contributed by atoms with E-state index < -0.39 is 5.97 Å². The fraction of sp³-hybridized carbons (Fsp3) is 0.0769. The van der Waals surface area contributed by atoms with Gasteiger partial charge in [-0.25, -0.2) is 4.79 Å². The van der Waals surface area contributed by atoms with Crippen LogP contribution in [-0.2, 0) is 7.05 Å². The first-order valence-electron chi connectivity index (χ1n) is 10.0. The van der Waals surface area contributed by atoms with E-state index in [1.807, 2.05) is 42.1 Å². The molecule has 0 saturated carbocycles. The highest BCUT2D eigenvalue weighted by Gasteiger charge is 2.31. The highest BCUT2D eigenvalue weighted by molar-refractivity contribution is 9.10. The van der Waals surface area contributed by atoms with Gasteiger partial charge in [-0.1, -0.05) is 34.1 Å². The zero-order valence-electron chi connectivity index (χ0n) is 17.4. The molecule has 5 rings (SSSR count). The number of esters is 1. The quantitative estimate of drug-likeness (QED) is 0.199. The molecule has 0 fully saturated rings. The van der Waals surface area contributed by atoms with Crippen molar-refractivity contribution in [3.63, 3.8) is 0 Å². The maximum Gasteiger partial charge on any atom is 0.343 e. The summed E-state index contributed by atoms with van der Waals surface area (Å²) in [5, 5.41) is 1.04. The molecule has 0 aliphatic carbocycles. The Morgan fingerprint density at radius 1 is 1.06 bits per heavy atom. The number of fused-ring (bicyclic) bond motifs is 2. The van der Waals surface area contributed by atoms with Gasteiger partial charge in [-0.15, -0.1) is 0 Å². The van der Waals surface area contributed by atoms with Gasteiger partial charge in [0.25, 0.3) is 0 Å². The molecule has 0 bridgehead atoms. The van der Waals surface area contributed by atoms with Gasteiger partial charge in [-0.3, -0.25) is 4.79 Å². The van der Waals surface area contributed by atoms with Crippen LogP contribution in [0.5, 0.6) is 11.5 Å². The Hall–Kier alpha value is -3.64. The zero-order valence-corrected chi connectivity index (χ0v) is 19.0. The number of hydrogen-bond acceptors (Lipinski definition) is 4. The van der Waals surface area contributed by atoms with Gasteiger partial charge in [0.2, 0.25) is 5.78 Å². The average molecular weight is 488 g/mol. The number of hydrogen-bond donors (Lipinski definition) is 0. The van der Waals surface area contributed by atoms with E-state index in [2.05, 4.69) is 15.9 Å². The number of halogens is 1. The number of rotatable bonds is 3. The molecule has 32 heavy (non-hydrogen) atoms. The van der Waals surface area contributed by atoms with E-state index in [4.69, 9.17) is 9.47 Å². The minimum atomic E-state index is -0.476. The van der Waals surface area contributed by atoms with Crippen molar-refractivity contribution in [3.05, 3.63) is 99.3 Å². The van der Waals surface area contributed by atoms with Crippen LogP contribution in [0, 0.1) is 6.92 Å². The molecule has 0 saturated heterocycles. The Bertz CT molecular complexity index is 1430. The third-order valence-corrected chi connectivity index (χ3v) is 6.06. The minimum absolute atomic E-state index is 0.193. The topological polar surface area (TPSA) is 57.5 Å². The molecule has 3 aromatic carbocycles. The molecule has 0 atom stereocenters. The van der Waals surface area contributed by atoms with Gasteiger partial charge in [0.15, 0.2) is 5.76 Å². The molecule has 0 N–H and O–H groups in total. The number of ketones is 1. The second kappa shape index (κ2) is 7.80. The Morgan fingerprint density at radius 2 is 1.81 bits per heavy atom. The molecular formula is C26H18BrNO4. The molecule has 4 aromatic rings. The van der Waals surface area contributed by atoms with Crippen molar-refractivity contribution in [2.75, 3.05) is 0 Å². The number of aromatic nitrogens is 1. The lowest BCUT2D eigenvalue weighted by atomic mass is 10.1. The number of carbonyl (C=O) groups excluding carboxylic acids is 2. The minimum Gasteiger partial charge on any atom is -0.452 e. The molecule has 0 amide bonds. The first-order chi connectivity index (χ1) is 15.4. The fourth-order valence-corrected chi connectivity index (χ4v) is 4.12. The number of aryl methyl sites for hydroxylation is 1. The van der Waals surface area contributed by atoms with Gasteiger partial charge in [0.05, 0.1) is 11.1 Å². The van der Waals surface area contributed by atoms with E-state index in [0.29, 0.717) is 28.2 Å². The van der Waals surface area contributed by atoms with Crippen molar-refractivity contribution < 1.29 is 19.1 Å². The van der Waals surface area contributed by atoms with Crippen molar-refractivity contribution in [3.8, 4) is 11.5 Å². The second-order valence-electron chi connectivity index (χ2n) is 7.61. The van der Waals surface area contributed by atoms with Crippen LogP contribution in [0.3, 0.4) is 0 Å². The number of para-hydroxylation sites is 1. The number of carbonyl (C=O) groups is 2. The van der Waals surface area contributed by atoms with Gasteiger partial charge in [-0.05, 0) is 55.5 Å². The van der Waals surface area contributed by atoms with Crippen molar-refractivity contribution >= 4 is 44.7 Å². The van der Waals surface area contributed by atoms with Gasteiger partial charge < -0.3 is 14.0 Å². The van der Waals surface area contributed by atoms with Crippen molar-refractivity contribution in [2.45, 2.75) is 6.92 Å². The van der Waals surface area contributed by atoms with Gasteiger partial charge in [0, 0.05) is 39.7 Å². The molecule has 1 aliphatic heterocycles. The van der Waals surface area contributed by atoms with Gasteiger partial charge in [0.1, 0.15) is 11.5 Å². The summed E-state index contributed by atoms with van der Waals surface area (Å²) >= 11 is 3.35. The van der Waals surface area contributed by atoms with Crippen LogP contribution in [-0.4, -0.2) is 16.3 Å². The molecule has 5 nitrogen and oxygen atoms in total. The lowest BCUT2D eigenvalue weighted by molar-refractivity contribution is 0.0733. The van der Waals surface area contributed by atoms with Crippen LogP contribution in [0.15, 0.2) is 77.1 Å². The highest BCUT2D eigenvalue weighted by atomic mass is 79.9. The lowest BCUT2D eigenvalue weighted by Crippen LogP contribution is -2.09. The molecule has 1 aliphatic rings. The molecule has 2 heterocycles. The summed E-state index contributed by atoms with van der Waals surface area (Å²) in [6, 6.07) is 18.2. The first kappa shape index (κ1) is 20.3. The smallest absolute Gasteiger partial charge is 0.343 e. The highest BCUT2D eigenvalue weighted by Crippen LogP contribution is 2.40. The van der Waals surface area contributed by atoms with E-state index in [-0.39, 0.29) is 11.5 Å². The Labute approximate surface area is 193 Å². The van der Waals surface area contributed by atoms with Crippen LogP contribution in [0.1, 0.15) is 31.8 Å². The molecule has 1 aromatic heterocycles. The monoisotopic (exact) mass is 487 g/mol.